The number of morpholine rings is 1. The van der Waals surface area contributed by atoms with Crippen molar-refractivity contribution in [3.63, 3.8) is 0 Å². The number of aryl methyl sites for hydroxylation is 1. The standard InChI is InChI=1S/C18H30N4O3S/c1-14-6-5-7-17(10-14)11-21-18(19-4)20-8-9-26(23,24)22-12-15(2)25-16(3)13-22/h5-7,10,15-16H,8-9,11-13H2,1-4H3,(H2,19,20,21). The summed E-state index contributed by atoms with van der Waals surface area (Å²) in [5, 5.41) is 6.28. The van der Waals surface area contributed by atoms with Crippen LogP contribution in [0.1, 0.15) is 25.0 Å². The molecule has 26 heavy (non-hydrogen) atoms. The van der Waals surface area contributed by atoms with E-state index in [0.717, 1.165) is 5.56 Å². The number of guanidine groups is 1. The molecule has 1 saturated heterocycles. The van der Waals surface area contributed by atoms with Gasteiger partial charge in [0, 0.05) is 33.2 Å². The summed E-state index contributed by atoms with van der Waals surface area (Å²) in [5.74, 6) is 0.614. The van der Waals surface area contributed by atoms with Crippen LogP contribution in [0, 0.1) is 6.92 Å². The molecule has 0 bridgehead atoms. The van der Waals surface area contributed by atoms with Gasteiger partial charge in [0.2, 0.25) is 10.0 Å². The van der Waals surface area contributed by atoms with Crippen LogP contribution >= 0.6 is 0 Å². The number of sulfonamides is 1. The van der Waals surface area contributed by atoms with Gasteiger partial charge >= 0.3 is 0 Å². The minimum atomic E-state index is -3.32. The van der Waals surface area contributed by atoms with Gasteiger partial charge in [-0.15, -0.1) is 0 Å². The van der Waals surface area contributed by atoms with Crippen LogP contribution in [0.15, 0.2) is 29.3 Å². The Morgan fingerprint density at radius 3 is 2.58 bits per heavy atom. The fourth-order valence-electron chi connectivity index (χ4n) is 3.01. The van der Waals surface area contributed by atoms with E-state index in [1.165, 1.54) is 9.87 Å². The van der Waals surface area contributed by atoms with E-state index < -0.39 is 10.0 Å². The number of hydrogen-bond donors (Lipinski definition) is 2. The van der Waals surface area contributed by atoms with Gasteiger partial charge in [-0.2, -0.15) is 4.31 Å². The maximum Gasteiger partial charge on any atom is 0.216 e. The summed E-state index contributed by atoms with van der Waals surface area (Å²) in [5.41, 5.74) is 2.35. The Morgan fingerprint density at radius 1 is 1.27 bits per heavy atom. The molecule has 1 fully saturated rings. The topological polar surface area (TPSA) is 83.0 Å². The first kappa shape index (κ1) is 20.7. The molecule has 0 saturated carbocycles. The summed E-state index contributed by atoms with van der Waals surface area (Å²) < 4.78 is 32.2. The highest BCUT2D eigenvalue weighted by atomic mass is 32.2. The third-order valence-corrected chi connectivity index (χ3v) is 6.00. The molecule has 0 aromatic heterocycles. The smallest absolute Gasteiger partial charge is 0.216 e. The Bertz CT molecular complexity index is 711. The highest BCUT2D eigenvalue weighted by Gasteiger charge is 2.30. The Morgan fingerprint density at radius 2 is 1.96 bits per heavy atom. The molecular weight excluding hydrogens is 352 g/mol. The van der Waals surface area contributed by atoms with Gasteiger partial charge in [-0.1, -0.05) is 29.8 Å². The number of hydrogen-bond acceptors (Lipinski definition) is 4. The first-order valence-corrected chi connectivity index (χ1v) is 10.5. The van der Waals surface area contributed by atoms with E-state index in [2.05, 4.69) is 34.7 Å². The minimum absolute atomic E-state index is 0.0254. The molecular formula is C18H30N4O3S. The van der Waals surface area contributed by atoms with Crippen LogP contribution in [-0.4, -0.2) is 63.3 Å². The van der Waals surface area contributed by atoms with Crippen molar-refractivity contribution in [2.24, 2.45) is 4.99 Å². The summed E-state index contributed by atoms with van der Waals surface area (Å²) in [4.78, 5) is 4.15. The van der Waals surface area contributed by atoms with Crippen LogP contribution in [0.4, 0.5) is 0 Å². The molecule has 1 aliphatic heterocycles. The fraction of sp³-hybridized carbons (Fsp3) is 0.611. The molecule has 1 aromatic carbocycles. The Balaban J connectivity index is 1.81. The van der Waals surface area contributed by atoms with Crippen molar-refractivity contribution in [2.45, 2.75) is 39.5 Å². The van der Waals surface area contributed by atoms with Crippen molar-refractivity contribution in [2.75, 3.05) is 32.4 Å². The largest absolute Gasteiger partial charge is 0.373 e. The Hall–Kier alpha value is -1.64. The van der Waals surface area contributed by atoms with Crippen LogP contribution < -0.4 is 10.6 Å². The van der Waals surface area contributed by atoms with Crippen molar-refractivity contribution in [3.05, 3.63) is 35.4 Å². The molecule has 8 heteroatoms. The molecule has 1 aliphatic rings. The molecule has 0 aliphatic carbocycles. The molecule has 2 rings (SSSR count). The maximum absolute atomic E-state index is 12.5. The van der Waals surface area contributed by atoms with Gasteiger partial charge in [-0.3, -0.25) is 4.99 Å². The number of rotatable bonds is 6. The summed E-state index contributed by atoms with van der Waals surface area (Å²) in [7, 11) is -1.65. The zero-order chi connectivity index (χ0) is 19.2. The highest BCUT2D eigenvalue weighted by molar-refractivity contribution is 7.89. The van der Waals surface area contributed by atoms with E-state index in [1.807, 2.05) is 26.0 Å². The van der Waals surface area contributed by atoms with Crippen molar-refractivity contribution in [3.8, 4) is 0 Å². The number of aliphatic imine (C=N–C) groups is 1. The normalized spacial score (nSPS) is 22.2. The summed E-state index contributed by atoms with van der Waals surface area (Å²) in [6.07, 6.45) is -0.157. The van der Waals surface area contributed by atoms with Crippen LogP contribution in [-0.2, 0) is 21.3 Å². The first-order chi connectivity index (χ1) is 12.3. The van der Waals surface area contributed by atoms with Gasteiger partial charge in [0.1, 0.15) is 0 Å². The highest BCUT2D eigenvalue weighted by Crippen LogP contribution is 2.14. The molecule has 0 spiro atoms. The molecule has 0 amide bonds. The lowest BCUT2D eigenvalue weighted by atomic mass is 10.1. The predicted octanol–water partition coefficient (Wildman–Crippen LogP) is 1.10. The van der Waals surface area contributed by atoms with E-state index in [4.69, 9.17) is 4.74 Å². The van der Waals surface area contributed by atoms with E-state index in [-0.39, 0.29) is 18.0 Å². The second kappa shape index (κ2) is 9.34. The fourth-order valence-corrected chi connectivity index (χ4v) is 4.51. The van der Waals surface area contributed by atoms with Crippen molar-refractivity contribution in [1.82, 2.24) is 14.9 Å². The lowest BCUT2D eigenvalue weighted by Crippen LogP contribution is -2.50. The Kier molecular flexibility index (Phi) is 7.43. The van der Waals surface area contributed by atoms with Crippen molar-refractivity contribution in [1.29, 1.82) is 0 Å². The average molecular weight is 383 g/mol. The van der Waals surface area contributed by atoms with Crippen molar-refractivity contribution >= 4 is 16.0 Å². The minimum Gasteiger partial charge on any atom is -0.373 e. The third-order valence-electron chi connectivity index (χ3n) is 4.20. The lowest BCUT2D eigenvalue weighted by Gasteiger charge is -2.34. The van der Waals surface area contributed by atoms with Crippen LogP contribution in [0.5, 0.6) is 0 Å². The molecule has 2 N–H and O–H groups in total. The van der Waals surface area contributed by atoms with E-state index >= 15 is 0 Å². The molecule has 7 nitrogen and oxygen atoms in total. The molecule has 2 unspecified atom stereocenters. The average Bonchev–Trinajstić information content (AvgIpc) is 2.57. The molecule has 1 aromatic rings. The van der Waals surface area contributed by atoms with Crippen LogP contribution in [0.2, 0.25) is 0 Å². The van der Waals surface area contributed by atoms with E-state index in [1.54, 1.807) is 7.05 Å². The quantitative estimate of drug-likeness (QED) is 0.569. The summed E-state index contributed by atoms with van der Waals surface area (Å²) in [6, 6.07) is 8.21. The first-order valence-electron chi connectivity index (χ1n) is 8.93. The number of nitrogens with zero attached hydrogens (tertiary/aromatic N) is 2. The van der Waals surface area contributed by atoms with E-state index in [9.17, 15) is 8.42 Å². The molecule has 1 heterocycles. The van der Waals surface area contributed by atoms with Gasteiger partial charge in [0.15, 0.2) is 5.96 Å². The number of benzene rings is 1. The van der Waals surface area contributed by atoms with Crippen LogP contribution in [0.25, 0.3) is 0 Å². The second-order valence-corrected chi connectivity index (χ2v) is 8.82. The van der Waals surface area contributed by atoms with Crippen molar-refractivity contribution < 1.29 is 13.2 Å². The van der Waals surface area contributed by atoms with E-state index in [0.29, 0.717) is 32.1 Å². The van der Waals surface area contributed by atoms with Gasteiger partial charge in [0.05, 0.1) is 18.0 Å². The van der Waals surface area contributed by atoms with Gasteiger partial charge in [-0.05, 0) is 26.3 Å². The molecule has 2 atom stereocenters. The maximum atomic E-state index is 12.5. The zero-order valence-electron chi connectivity index (χ0n) is 16.0. The van der Waals surface area contributed by atoms with Crippen LogP contribution in [0.3, 0.4) is 0 Å². The van der Waals surface area contributed by atoms with Gasteiger partial charge in [0.25, 0.3) is 0 Å². The number of nitrogens with one attached hydrogen (secondary N) is 2. The van der Waals surface area contributed by atoms with Gasteiger partial charge < -0.3 is 15.4 Å². The molecule has 146 valence electrons. The third kappa shape index (κ3) is 6.26. The Labute approximate surface area is 156 Å². The SMILES string of the molecule is CN=C(NCCS(=O)(=O)N1CC(C)OC(C)C1)NCc1cccc(C)c1. The van der Waals surface area contributed by atoms with Gasteiger partial charge in [-0.25, -0.2) is 8.42 Å². The zero-order valence-corrected chi connectivity index (χ0v) is 16.8. The predicted molar refractivity (Wildman–Crippen MR) is 105 cm³/mol. The summed E-state index contributed by atoms with van der Waals surface area (Å²) >= 11 is 0. The second-order valence-electron chi connectivity index (χ2n) is 6.73. The monoisotopic (exact) mass is 382 g/mol. The molecule has 0 radical (unpaired) electrons. The summed E-state index contributed by atoms with van der Waals surface area (Å²) in [6.45, 7) is 7.60. The number of ether oxygens (including phenoxy) is 1. The lowest BCUT2D eigenvalue weighted by molar-refractivity contribution is -0.0440.